The summed E-state index contributed by atoms with van der Waals surface area (Å²) in [5, 5.41) is 3.04. The molecule has 82 valence electrons. The molecule has 1 atom stereocenters. The quantitative estimate of drug-likeness (QED) is 0.705. The van der Waals surface area contributed by atoms with Crippen LogP contribution in [0.4, 0.5) is 0 Å². The SMILES string of the molecule is CC1(NC(=O)[C@@H](N)C(C)(C)C)CCC1. The van der Waals surface area contributed by atoms with Crippen LogP contribution in [0.3, 0.4) is 0 Å². The van der Waals surface area contributed by atoms with Crippen LogP contribution in [0.15, 0.2) is 0 Å². The van der Waals surface area contributed by atoms with Gasteiger partial charge >= 0.3 is 0 Å². The molecule has 1 aliphatic carbocycles. The fourth-order valence-corrected chi connectivity index (χ4v) is 1.60. The first-order valence-electron chi connectivity index (χ1n) is 5.32. The van der Waals surface area contributed by atoms with E-state index in [1.165, 1.54) is 6.42 Å². The summed E-state index contributed by atoms with van der Waals surface area (Å²) in [7, 11) is 0. The molecule has 0 aromatic rings. The zero-order valence-corrected chi connectivity index (χ0v) is 9.68. The van der Waals surface area contributed by atoms with Crippen molar-refractivity contribution >= 4 is 5.91 Å². The van der Waals surface area contributed by atoms with E-state index in [0.29, 0.717) is 0 Å². The number of carbonyl (C=O) groups excluding carboxylic acids is 1. The molecule has 3 nitrogen and oxygen atoms in total. The van der Waals surface area contributed by atoms with Crippen LogP contribution in [0.5, 0.6) is 0 Å². The van der Waals surface area contributed by atoms with Crippen LogP contribution >= 0.6 is 0 Å². The van der Waals surface area contributed by atoms with Gasteiger partial charge in [-0.25, -0.2) is 0 Å². The molecule has 1 amide bonds. The van der Waals surface area contributed by atoms with E-state index in [0.717, 1.165) is 12.8 Å². The van der Waals surface area contributed by atoms with Gasteiger partial charge in [0.15, 0.2) is 0 Å². The Labute approximate surface area is 86.4 Å². The molecule has 0 aromatic carbocycles. The number of nitrogens with two attached hydrogens (primary N) is 1. The van der Waals surface area contributed by atoms with Crippen LogP contribution in [0.25, 0.3) is 0 Å². The molecule has 0 saturated heterocycles. The Hall–Kier alpha value is -0.570. The molecule has 1 saturated carbocycles. The normalized spacial score (nSPS) is 22.4. The van der Waals surface area contributed by atoms with Gasteiger partial charge in [-0.3, -0.25) is 4.79 Å². The van der Waals surface area contributed by atoms with E-state index in [9.17, 15) is 4.79 Å². The Balaban J connectivity index is 2.50. The maximum absolute atomic E-state index is 11.8. The molecule has 3 N–H and O–H groups in total. The lowest BCUT2D eigenvalue weighted by Gasteiger charge is -2.41. The van der Waals surface area contributed by atoms with Crippen molar-refractivity contribution in [2.75, 3.05) is 0 Å². The molecule has 0 aromatic heterocycles. The molecule has 0 unspecified atom stereocenters. The number of rotatable bonds is 2. The van der Waals surface area contributed by atoms with Crippen LogP contribution < -0.4 is 11.1 Å². The first-order valence-corrected chi connectivity index (χ1v) is 5.32. The summed E-state index contributed by atoms with van der Waals surface area (Å²) < 4.78 is 0. The lowest BCUT2D eigenvalue weighted by Crippen LogP contribution is -2.58. The summed E-state index contributed by atoms with van der Waals surface area (Å²) in [4.78, 5) is 11.8. The molecule has 1 fully saturated rings. The second-order valence-corrected chi connectivity index (χ2v) is 5.75. The number of hydrogen-bond acceptors (Lipinski definition) is 2. The van der Waals surface area contributed by atoms with Gasteiger partial charge in [-0.15, -0.1) is 0 Å². The summed E-state index contributed by atoms with van der Waals surface area (Å²) in [5.74, 6) is -0.0142. The van der Waals surface area contributed by atoms with E-state index >= 15 is 0 Å². The minimum absolute atomic E-state index is 0.0138. The largest absolute Gasteiger partial charge is 0.350 e. The van der Waals surface area contributed by atoms with Crippen molar-refractivity contribution in [2.45, 2.75) is 58.5 Å². The van der Waals surface area contributed by atoms with Crippen molar-refractivity contribution in [2.24, 2.45) is 11.1 Å². The van der Waals surface area contributed by atoms with E-state index in [4.69, 9.17) is 5.73 Å². The highest BCUT2D eigenvalue weighted by Gasteiger charge is 2.36. The smallest absolute Gasteiger partial charge is 0.237 e. The number of nitrogens with one attached hydrogen (secondary N) is 1. The first kappa shape index (κ1) is 11.5. The molecule has 1 aliphatic rings. The predicted molar refractivity (Wildman–Crippen MR) is 57.8 cm³/mol. The highest BCUT2D eigenvalue weighted by atomic mass is 16.2. The molecule has 3 heteroatoms. The van der Waals surface area contributed by atoms with Gasteiger partial charge in [0.1, 0.15) is 0 Å². The average molecular weight is 198 g/mol. The summed E-state index contributed by atoms with van der Waals surface area (Å²) in [6.07, 6.45) is 3.37. The molecule has 1 rings (SSSR count). The van der Waals surface area contributed by atoms with Crippen molar-refractivity contribution in [1.29, 1.82) is 0 Å². The van der Waals surface area contributed by atoms with Crippen molar-refractivity contribution in [1.82, 2.24) is 5.32 Å². The summed E-state index contributed by atoms with van der Waals surface area (Å²) in [6, 6.07) is -0.417. The molecule has 0 radical (unpaired) electrons. The Morgan fingerprint density at radius 3 is 2.21 bits per heavy atom. The van der Waals surface area contributed by atoms with Crippen LogP contribution in [0, 0.1) is 5.41 Å². The standard InChI is InChI=1S/C11H22N2O/c1-10(2,3)8(12)9(14)13-11(4)6-5-7-11/h8H,5-7,12H2,1-4H3,(H,13,14)/t8-/m1/s1. The molecular weight excluding hydrogens is 176 g/mol. The van der Waals surface area contributed by atoms with Gasteiger partial charge in [0.25, 0.3) is 0 Å². The van der Waals surface area contributed by atoms with Crippen LogP contribution in [-0.4, -0.2) is 17.5 Å². The molecular formula is C11H22N2O. The summed E-state index contributed by atoms with van der Waals surface area (Å²) >= 11 is 0. The van der Waals surface area contributed by atoms with Gasteiger partial charge in [-0.1, -0.05) is 20.8 Å². The van der Waals surface area contributed by atoms with Gasteiger partial charge in [-0.2, -0.15) is 0 Å². The Morgan fingerprint density at radius 2 is 1.93 bits per heavy atom. The second-order valence-electron chi connectivity index (χ2n) is 5.75. The average Bonchev–Trinajstić information content (AvgIpc) is 1.98. The van der Waals surface area contributed by atoms with Gasteiger partial charge in [0.05, 0.1) is 6.04 Å². The first-order chi connectivity index (χ1) is 6.25. The highest BCUT2D eigenvalue weighted by molar-refractivity contribution is 5.83. The highest BCUT2D eigenvalue weighted by Crippen LogP contribution is 2.31. The fourth-order valence-electron chi connectivity index (χ4n) is 1.60. The lowest BCUT2D eigenvalue weighted by molar-refractivity contribution is -0.127. The Kier molecular flexibility index (Phi) is 2.91. The lowest BCUT2D eigenvalue weighted by atomic mass is 9.77. The summed E-state index contributed by atoms with van der Waals surface area (Å²) in [5.41, 5.74) is 5.72. The van der Waals surface area contributed by atoms with Crippen LogP contribution in [0.2, 0.25) is 0 Å². The molecule has 0 heterocycles. The molecule has 0 spiro atoms. The third-order valence-corrected chi connectivity index (χ3v) is 3.10. The summed E-state index contributed by atoms with van der Waals surface area (Å²) in [6.45, 7) is 8.05. The van der Waals surface area contributed by atoms with E-state index < -0.39 is 6.04 Å². The molecule has 0 aliphatic heterocycles. The van der Waals surface area contributed by atoms with Crippen molar-refractivity contribution in [3.05, 3.63) is 0 Å². The van der Waals surface area contributed by atoms with Gasteiger partial charge in [0, 0.05) is 5.54 Å². The maximum atomic E-state index is 11.8. The zero-order valence-electron chi connectivity index (χ0n) is 9.68. The van der Waals surface area contributed by atoms with Crippen molar-refractivity contribution < 1.29 is 4.79 Å². The predicted octanol–water partition coefficient (Wildman–Crippen LogP) is 1.42. The van der Waals surface area contributed by atoms with Gasteiger partial charge < -0.3 is 11.1 Å². The second kappa shape index (κ2) is 3.54. The minimum Gasteiger partial charge on any atom is -0.350 e. The minimum atomic E-state index is -0.417. The van der Waals surface area contributed by atoms with Crippen molar-refractivity contribution in [3.63, 3.8) is 0 Å². The third-order valence-electron chi connectivity index (χ3n) is 3.10. The van der Waals surface area contributed by atoms with E-state index in [-0.39, 0.29) is 16.9 Å². The number of amides is 1. The number of hydrogen-bond donors (Lipinski definition) is 2. The Morgan fingerprint density at radius 1 is 1.43 bits per heavy atom. The van der Waals surface area contributed by atoms with E-state index in [1.807, 2.05) is 20.8 Å². The fraction of sp³-hybridized carbons (Fsp3) is 0.909. The zero-order chi connectivity index (χ0) is 11.0. The monoisotopic (exact) mass is 198 g/mol. The number of carbonyl (C=O) groups is 1. The van der Waals surface area contributed by atoms with E-state index in [2.05, 4.69) is 12.2 Å². The van der Waals surface area contributed by atoms with E-state index in [1.54, 1.807) is 0 Å². The maximum Gasteiger partial charge on any atom is 0.237 e. The van der Waals surface area contributed by atoms with Crippen LogP contribution in [-0.2, 0) is 4.79 Å². The molecule has 0 bridgehead atoms. The Bertz CT molecular complexity index is 226. The van der Waals surface area contributed by atoms with Gasteiger partial charge in [0.2, 0.25) is 5.91 Å². The van der Waals surface area contributed by atoms with Crippen LogP contribution in [0.1, 0.15) is 47.0 Å². The van der Waals surface area contributed by atoms with Gasteiger partial charge in [-0.05, 0) is 31.6 Å². The van der Waals surface area contributed by atoms with Crippen molar-refractivity contribution in [3.8, 4) is 0 Å². The molecule has 14 heavy (non-hydrogen) atoms. The topological polar surface area (TPSA) is 55.1 Å². The third kappa shape index (κ3) is 2.47.